The smallest absolute Gasteiger partial charge is 0.243 e. The fourth-order valence-electron chi connectivity index (χ4n) is 4.02. The minimum Gasteiger partial charge on any atom is -0.493 e. The number of rotatable bonds is 9. The van der Waals surface area contributed by atoms with Crippen LogP contribution in [0, 0.1) is 6.92 Å². The molecule has 8 nitrogen and oxygen atoms in total. The summed E-state index contributed by atoms with van der Waals surface area (Å²) in [7, 11) is -2.19. The van der Waals surface area contributed by atoms with Crippen LogP contribution in [0.25, 0.3) is 0 Å². The summed E-state index contributed by atoms with van der Waals surface area (Å²) in [4.78, 5) is 17.2. The molecule has 1 unspecified atom stereocenters. The molecule has 1 N–H and O–H groups in total. The molecule has 1 aliphatic heterocycles. The Morgan fingerprint density at radius 1 is 1.06 bits per heavy atom. The van der Waals surface area contributed by atoms with Crippen molar-refractivity contribution in [2.24, 2.45) is 0 Å². The van der Waals surface area contributed by atoms with Gasteiger partial charge in [0.1, 0.15) is 12.6 Å². The van der Waals surface area contributed by atoms with Crippen LogP contribution in [0.2, 0.25) is 0 Å². The maximum Gasteiger partial charge on any atom is 0.243 e. The lowest BCUT2D eigenvalue weighted by Crippen LogP contribution is -2.45. The predicted octanol–water partition coefficient (Wildman–Crippen LogP) is 3.45. The van der Waals surface area contributed by atoms with Crippen molar-refractivity contribution in [1.82, 2.24) is 14.6 Å². The van der Waals surface area contributed by atoms with Crippen molar-refractivity contribution in [2.45, 2.75) is 43.9 Å². The topological polar surface area (TPSA) is 97.8 Å². The van der Waals surface area contributed by atoms with E-state index in [1.54, 1.807) is 55.9 Å². The van der Waals surface area contributed by atoms with E-state index in [1.807, 2.05) is 25.1 Å². The summed E-state index contributed by atoms with van der Waals surface area (Å²) in [5.41, 5.74) is 2.78. The number of aryl methyl sites for hydroxylation is 1. The number of sulfonamides is 1. The quantitative estimate of drug-likeness (QED) is 0.488. The van der Waals surface area contributed by atoms with E-state index in [-0.39, 0.29) is 17.3 Å². The van der Waals surface area contributed by atoms with Crippen molar-refractivity contribution in [3.63, 3.8) is 0 Å². The Morgan fingerprint density at radius 3 is 2.51 bits per heavy atom. The van der Waals surface area contributed by atoms with Crippen LogP contribution in [0.4, 0.5) is 0 Å². The Hall–Kier alpha value is -3.43. The van der Waals surface area contributed by atoms with Gasteiger partial charge in [-0.3, -0.25) is 9.78 Å². The van der Waals surface area contributed by atoms with Crippen molar-refractivity contribution < 1.29 is 22.7 Å². The molecule has 1 amide bonds. The van der Waals surface area contributed by atoms with Crippen LogP contribution >= 0.6 is 0 Å². The summed E-state index contributed by atoms with van der Waals surface area (Å²) in [6.07, 6.45) is 4.54. The molecular formula is C26H29N3O5S. The number of carbonyl (C=O) groups excluding carboxylic acids is 1. The minimum absolute atomic E-state index is 0.204. The van der Waals surface area contributed by atoms with Crippen LogP contribution in [0.5, 0.6) is 11.5 Å². The Kier molecular flexibility index (Phi) is 7.67. The molecule has 3 aromatic rings. The van der Waals surface area contributed by atoms with Gasteiger partial charge in [0.25, 0.3) is 0 Å². The molecule has 2 heterocycles. The minimum atomic E-state index is -3.75. The summed E-state index contributed by atoms with van der Waals surface area (Å²) in [6, 6.07) is 15.2. The van der Waals surface area contributed by atoms with Gasteiger partial charge in [0.2, 0.25) is 15.9 Å². The lowest BCUT2D eigenvalue weighted by atomic mass is 10.1. The first-order valence-electron chi connectivity index (χ1n) is 11.4. The molecule has 1 aromatic heterocycles. The van der Waals surface area contributed by atoms with Crippen LogP contribution in [0.3, 0.4) is 0 Å². The first-order chi connectivity index (χ1) is 16.9. The van der Waals surface area contributed by atoms with Gasteiger partial charge < -0.3 is 14.8 Å². The van der Waals surface area contributed by atoms with Crippen LogP contribution in [0.15, 0.2) is 71.9 Å². The number of benzene rings is 2. The van der Waals surface area contributed by atoms with Gasteiger partial charge >= 0.3 is 0 Å². The van der Waals surface area contributed by atoms with E-state index < -0.39 is 16.1 Å². The Morgan fingerprint density at radius 2 is 1.80 bits per heavy atom. The molecule has 0 aliphatic carbocycles. The molecule has 1 fully saturated rings. The number of aromatic nitrogens is 1. The van der Waals surface area contributed by atoms with Gasteiger partial charge in [-0.1, -0.05) is 23.8 Å². The van der Waals surface area contributed by atoms with E-state index in [1.165, 1.54) is 4.31 Å². The Bertz CT molecular complexity index is 1260. The second-order valence-electron chi connectivity index (χ2n) is 8.43. The van der Waals surface area contributed by atoms with Crippen LogP contribution in [0.1, 0.15) is 29.5 Å². The lowest BCUT2D eigenvalue weighted by Gasteiger charge is -2.23. The summed E-state index contributed by atoms with van der Waals surface area (Å²) in [5, 5.41) is 2.88. The molecule has 1 aliphatic rings. The third-order valence-corrected chi connectivity index (χ3v) is 7.89. The fourth-order valence-corrected chi connectivity index (χ4v) is 5.68. The monoisotopic (exact) mass is 495 g/mol. The highest BCUT2D eigenvalue weighted by Gasteiger charge is 2.39. The molecule has 184 valence electrons. The van der Waals surface area contributed by atoms with E-state index in [0.717, 1.165) is 16.7 Å². The molecular weight excluding hydrogens is 466 g/mol. The van der Waals surface area contributed by atoms with E-state index in [0.29, 0.717) is 37.5 Å². The average molecular weight is 496 g/mol. The number of carbonyl (C=O) groups is 1. The molecule has 0 bridgehead atoms. The van der Waals surface area contributed by atoms with Crippen LogP contribution < -0.4 is 14.8 Å². The maximum absolute atomic E-state index is 13.1. The SMILES string of the molecule is COc1cc(CNC(=O)C2CCCN2S(=O)(=O)c2ccc(C)cc2)ccc1OCc1ccncc1. The van der Waals surface area contributed by atoms with Crippen molar-refractivity contribution in [3.05, 3.63) is 83.7 Å². The normalized spacial score (nSPS) is 16.1. The van der Waals surface area contributed by atoms with Gasteiger partial charge in [0.15, 0.2) is 11.5 Å². The number of hydrogen-bond acceptors (Lipinski definition) is 6. The van der Waals surface area contributed by atoms with Crippen LogP contribution in [-0.2, 0) is 28.0 Å². The van der Waals surface area contributed by atoms with Crippen molar-refractivity contribution in [3.8, 4) is 11.5 Å². The summed E-state index contributed by atoms with van der Waals surface area (Å²) < 4.78 is 38.9. The first kappa shape index (κ1) is 24.7. The molecule has 4 rings (SSSR count). The second-order valence-corrected chi connectivity index (χ2v) is 10.3. The second kappa shape index (κ2) is 10.9. The molecule has 1 saturated heterocycles. The van der Waals surface area contributed by atoms with Crippen molar-refractivity contribution in [1.29, 1.82) is 0 Å². The molecule has 9 heteroatoms. The number of nitrogens with zero attached hydrogens (tertiary/aromatic N) is 2. The molecule has 0 saturated carbocycles. The number of nitrogens with one attached hydrogen (secondary N) is 1. The number of methoxy groups -OCH3 is 1. The van der Waals surface area contributed by atoms with E-state index in [2.05, 4.69) is 10.3 Å². The number of hydrogen-bond donors (Lipinski definition) is 1. The van der Waals surface area contributed by atoms with Crippen molar-refractivity contribution >= 4 is 15.9 Å². The molecule has 2 aromatic carbocycles. The summed E-state index contributed by atoms with van der Waals surface area (Å²) >= 11 is 0. The summed E-state index contributed by atoms with van der Waals surface area (Å²) in [5.74, 6) is 0.830. The standard InChI is InChI=1S/C26H29N3O5S/c1-19-5-8-22(9-6-19)35(31,32)29-15-3-4-23(29)26(30)28-17-21-7-10-24(25(16-21)33-2)34-18-20-11-13-27-14-12-20/h5-14,16,23H,3-4,15,17-18H2,1-2H3,(H,28,30). The van der Waals surface area contributed by atoms with Crippen LogP contribution in [-0.4, -0.2) is 43.3 Å². The number of pyridine rings is 1. The third-order valence-electron chi connectivity index (χ3n) is 5.97. The highest BCUT2D eigenvalue weighted by molar-refractivity contribution is 7.89. The molecule has 0 spiro atoms. The number of ether oxygens (including phenoxy) is 2. The van der Waals surface area contributed by atoms with E-state index in [9.17, 15) is 13.2 Å². The van der Waals surface area contributed by atoms with Gasteiger partial charge in [0.05, 0.1) is 12.0 Å². The lowest BCUT2D eigenvalue weighted by molar-refractivity contribution is -0.124. The molecule has 0 radical (unpaired) electrons. The maximum atomic E-state index is 13.1. The first-order valence-corrected chi connectivity index (χ1v) is 12.9. The predicted molar refractivity (Wildman–Crippen MR) is 132 cm³/mol. The zero-order chi connectivity index (χ0) is 24.8. The van der Waals surface area contributed by atoms with Gasteiger partial charge in [0, 0.05) is 25.5 Å². The molecule has 1 atom stereocenters. The van der Waals surface area contributed by atoms with Gasteiger partial charge in [-0.25, -0.2) is 8.42 Å². The van der Waals surface area contributed by atoms with Gasteiger partial charge in [-0.05, 0) is 67.3 Å². The summed E-state index contributed by atoms with van der Waals surface area (Å²) in [6.45, 7) is 2.85. The van der Waals surface area contributed by atoms with Gasteiger partial charge in [-0.2, -0.15) is 4.31 Å². The Labute approximate surface area is 206 Å². The number of amides is 1. The van der Waals surface area contributed by atoms with E-state index in [4.69, 9.17) is 9.47 Å². The Balaban J connectivity index is 1.39. The highest BCUT2D eigenvalue weighted by Crippen LogP contribution is 2.29. The third kappa shape index (κ3) is 5.80. The largest absolute Gasteiger partial charge is 0.493 e. The zero-order valence-electron chi connectivity index (χ0n) is 19.8. The molecule has 35 heavy (non-hydrogen) atoms. The van der Waals surface area contributed by atoms with E-state index >= 15 is 0 Å². The fraction of sp³-hybridized carbons (Fsp3) is 0.308. The van der Waals surface area contributed by atoms with Crippen molar-refractivity contribution in [2.75, 3.05) is 13.7 Å². The van der Waals surface area contributed by atoms with Gasteiger partial charge in [-0.15, -0.1) is 0 Å². The zero-order valence-corrected chi connectivity index (χ0v) is 20.6. The average Bonchev–Trinajstić information content (AvgIpc) is 3.38. The highest BCUT2D eigenvalue weighted by atomic mass is 32.2.